The monoisotopic (exact) mass is 246 g/mol. The molecule has 0 atom stereocenters. The number of rotatable bonds is 1. The van der Waals surface area contributed by atoms with Crippen LogP contribution >= 0.6 is 0 Å². The predicted octanol–water partition coefficient (Wildman–Crippen LogP) is 3.35. The normalized spacial score (nSPS) is 21.2. The second kappa shape index (κ2) is 4.08. The lowest BCUT2D eigenvalue weighted by Gasteiger charge is -2.50. The van der Waals surface area contributed by atoms with Crippen LogP contribution < -0.4 is 10.2 Å². The van der Waals surface area contributed by atoms with Gasteiger partial charge in [-0.05, 0) is 38.8 Å². The molecule has 1 aromatic rings. The highest BCUT2D eigenvalue weighted by molar-refractivity contribution is 5.80. The van der Waals surface area contributed by atoms with Crippen LogP contribution in [-0.2, 0) is 0 Å². The summed E-state index contributed by atoms with van der Waals surface area (Å²) in [6.07, 6.45) is 5.06. The van der Waals surface area contributed by atoms with Gasteiger partial charge in [-0.2, -0.15) is 0 Å². The Labute approximate surface area is 109 Å². The maximum atomic E-state index is 10.2. The van der Waals surface area contributed by atoms with E-state index in [0.717, 1.165) is 17.9 Å². The van der Waals surface area contributed by atoms with E-state index < -0.39 is 0 Å². The smallest absolute Gasteiger partial charge is 0.141 e. The van der Waals surface area contributed by atoms with E-state index in [1.807, 2.05) is 6.07 Å². The Morgan fingerprint density at radius 2 is 2.00 bits per heavy atom. The lowest BCUT2D eigenvalue weighted by molar-refractivity contribution is 0.371. The van der Waals surface area contributed by atoms with Gasteiger partial charge in [-0.3, -0.25) is 0 Å². The highest BCUT2D eigenvalue weighted by Gasteiger charge is 2.44. The largest absolute Gasteiger partial charge is 0.506 e. The van der Waals surface area contributed by atoms with E-state index in [9.17, 15) is 5.11 Å². The third-order valence-corrected chi connectivity index (χ3v) is 4.43. The molecule has 0 radical (unpaired) electrons. The number of phenols is 1. The molecule has 3 nitrogen and oxygen atoms in total. The minimum Gasteiger partial charge on any atom is -0.506 e. The van der Waals surface area contributed by atoms with E-state index in [4.69, 9.17) is 0 Å². The second-order valence-corrected chi connectivity index (χ2v) is 5.92. The summed E-state index contributed by atoms with van der Waals surface area (Å²) >= 11 is 0. The fraction of sp³-hybridized carbons (Fsp3) is 0.600. The minimum atomic E-state index is 0.208. The van der Waals surface area contributed by atoms with Gasteiger partial charge in [-0.1, -0.05) is 18.9 Å². The van der Waals surface area contributed by atoms with Crippen molar-refractivity contribution in [1.82, 2.24) is 0 Å². The van der Waals surface area contributed by atoms with E-state index in [2.05, 4.69) is 30.1 Å². The van der Waals surface area contributed by atoms with Crippen LogP contribution in [0, 0.1) is 0 Å². The van der Waals surface area contributed by atoms with Gasteiger partial charge in [0.15, 0.2) is 0 Å². The summed E-state index contributed by atoms with van der Waals surface area (Å²) < 4.78 is 0. The van der Waals surface area contributed by atoms with Crippen molar-refractivity contribution in [2.24, 2.45) is 0 Å². The fourth-order valence-corrected chi connectivity index (χ4v) is 3.77. The molecule has 1 saturated carbocycles. The number of para-hydroxylation sites is 1. The highest BCUT2D eigenvalue weighted by Crippen LogP contribution is 2.48. The van der Waals surface area contributed by atoms with Gasteiger partial charge in [0, 0.05) is 12.6 Å². The van der Waals surface area contributed by atoms with Crippen LogP contribution in [0.25, 0.3) is 0 Å². The standard InChI is InChI=1S/C15H22N2O/c1-11(2)17-14-12(6-5-7-13(14)18)16-10-15(17)8-3-4-9-15/h5-7,11,16,18H,3-4,8-10H2,1-2H3. The van der Waals surface area contributed by atoms with E-state index >= 15 is 0 Å². The SMILES string of the molecule is CC(C)N1c2c(O)cccc2NCC12CCCC2. The molecule has 1 aromatic carbocycles. The van der Waals surface area contributed by atoms with Gasteiger partial charge in [0.05, 0.1) is 11.2 Å². The third-order valence-electron chi connectivity index (χ3n) is 4.43. The third kappa shape index (κ3) is 1.57. The Morgan fingerprint density at radius 1 is 1.28 bits per heavy atom. The van der Waals surface area contributed by atoms with Crippen molar-refractivity contribution in [1.29, 1.82) is 0 Å². The number of fused-ring (bicyclic) bond motifs is 1. The Morgan fingerprint density at radius 3 is 2.67 bits per heavy atom. The van der Waals surface area contributed by atoms with Gasteiger partial charge in [-0.15, -0.1) is 0 Å². The van der Waals surface area contributed by atoms with E-state index in [0.29, 0.717) is 11.8 Å². The molecule has 1 heterocycles. The quantitative estimate of drug-likeness (QED) is 0.797. The molecule has 2 N–H and O–H groups in total. The molecule has 0 saturated heterocycles. The first-order valence-corrected chi connectivity index (χ1v) is 6.99. The zero-order chi connectivity index (χ0) is 12.8. The highest BCUT2D eigenvalue weighted by atomic mass is 16.3. The molecule has 3 heteroatoms. The van der Waals surface area contributed by atoms with Crippen LogP contribution in [0.4, 0.5) is 11.4 Å². The number of nitrogens with zero attached hydrogens (tertiary/aromatic N) is 1. The number of hydrogen-bond acceptors (Lipinski definition) is 3. The molecule has 0 amide bonds. The maximum absolute atomic E-state index is 10.2. The summed E-state index contributed by atoms with van der Waals surface area (Å²) in [4.78, 5) is 2.46. The molecular formula is C15H22N2O. The van der Waals surface area contributed by atoms with Crippen molar-refractivity contribution < 1.29 is 5.11 Å². The van der Waals surface area contributed by atoms with Crippen LogP contribution in [0.5, 0.6) is 5.75 Å². The van der Waals surface area contributed by atoms with Gasteiger partial charge in [0.25, 0.3) is 0 Å². The molecule has 0 bridgehead atoms. The Balaban J connectivity index is 2.12. The molecule has 0 unspecified atom stereocenters. The number of aromatic hydroxyl groups is 1. The lowest BCUT2D eigenvalue weighted by Crippen LogP contribution is -2.57. The molecule has 0 aromatic heterocycles. The number of benzene rings is 1. The summed E-state index contributed by atoms with van der Waals surface area (Å²) in [5, 5.41) is 13.8. The maximum Gasteiger partial charge on any atom is 0.141 e. The van der Waals surface area contributed by atoms with Gasteiger partial charge in [0.1, 0.15) is 11.4 Å². The van der Waals surface area contributed by atoms with Gasteiger partial charge in [0.2, 0.25) is 0 Å². The summed E-state index contributed by atoms with van der Waals surface area (Å²) in [6.45, 7) is 5.45. The summed E-state index contributed by atoms with van der Waals surface area (Å²) in [7, 11) is 0. The number of hydrogen-bond donors (Lipinski definition) is 2. The summed E-state index contributed by atoms with van der Waals surface area (Å²) in [5.74, 6) is 0.402. The first kappa shape index (κ1) is 11.7. The van der Waals surface area contributed by atoms with E-state index in [1.165, 1.54) is 25.7 Å². The average molecular weight is 246 g/mol. The molecular weight excluding hydrogens is 224 g/mol. The van der Waals surface area contributed by atoms with Gasteiger partial charge in [-0.25, -0.2) is 0 Å². The van der Waals surface area contributed by atoms with Gasteiger partial charge >= 0.3 is 0 Å². The molecule has 1 aliphatic carbocycles. The van der Waals surface area contributed by atoms with Crippen molar-refractivity contribution in [3.8, 4) is 5.75 Å². The van der Waals surface area contributed by atoms with Crippen molar-refractivity contribution in [2.75, 3.05) is 16.8 Å². The molecule has 2 aliphatic rings. The Kier molecular flexibility index (Phi) is 2.65. The van der Waals surface area contributed by atoms with Crippen molar-refractivity contribution >= 4 is 11.4 Å². The Bertz CT molecular complexity index is 450. The number of anilines is 2. The molecule has 3 rings (SSSR count). The van der Waals surface area contributed by atoms with E-state index in [-0.39, 0.29) is 5.54 Å². The van der Waals surface area contributed by atoms with Crippen molar-refractivity contribution in [3.63, 3.8) is 0 Å². The summed E-state index contributed by atoms with van der Waals surface area (Å²) in [5.41, 5.74) is 2.28. The minimum absolute atomic E-state index is 0.208. The average Bonchev–Trinajstić information content (AvgIpc) is 2.79. The molecule has 1 aliphatic heterocycles. The predicted molar refractivity (Wildman–Crippen MR) is 75.4 cm³/mol. The zero-order valence-electron chi connectivity index (χ0n) is 11.2. The van der Waals surface area contributed by atoms with Crippen molar-refractivity contribution in [2.45, 2.75) is 51.1 Å². The second-order valence-electron chi connectivity index (χ2n) is 5.92. The first-order valence-electron chi connectivity index (χ1n) is 6.99. The van der Waals surface area contributed by atoms with Crippen molar-refractivity contribution in [3.05, 3.63) is 18.2 Å². The molecule has 18 heavy (non-hydrogen) atoms. The Hall–Kier alpha value is -1.38. The number of nitrogens with one attached hydrogen (secondary N) is 1. The van der Waals surface area contributed by atoms with Gasteiger partial charge < -0.3 is 15.3 Å². The van der Waals surface area contributed by atoms with Crippen LogP contribution in [-0.4, -0.2) is 23.2 Å². The summed E-state index contributed by atoms with van der Waals surface area (Å²) in [6, 6.07) is 6.18. The first-order chi connectivity index (χ1) is 8.64. The van der Waals surface area contributed by atoms with Crippen LogP contribution in [0.2, 0.25) is 0 Å². The van der Waals surface area contributed by atoms with Crippen LogP contribution in [0.3, 0.4) is 0 Å². The van der Waals surface area contributed by atoms with E-state index in [1.54, 1.807) is 6.07 Å². The molecule has 1 spiro atoms. The fourth-order valence-electron chi connectivity index (χ4n) is 3.77. The molecule has 98 valence electrons. The van der Waals surface area contributed by atoms with Crippen LogP contribution in [0.15, 0.2) is 18.2 Å². The topological polar surface area (TPSA) is 35.5 Å². The van der Waals surface area contributed by atoms with Crippen LogP contribution in [0.1, 0.15) is 39.5 Å². The molecule has 1 fully saturated rings. The zero-order valence-corrected chi connectivity index (χ0v) is 11.2. The number of phenolic OH excluding ortho intramolecular Hbond substituents is 1. The lowest BCUT2D eigenvalue weighted by atomic mass is 9.89.